The average molecular weight is 322 g/mol. The molecule has 0 aromatic heterocycles. The monoisotopic (exact) mass is 322 g/mol. The summed E-state index contributed by atoms with van der Waals surface area (Å²) in [6, 6.07) is 30.3. The van der Waals surface area contributed by atoms with Crippen molar-refractivity contribution < 1.29 is 0 Å². The first-order valence-electron chi connectivity index (χ1n) is 8.82. The molecule has 1 aliphatic carbocycles. The highest BCUT2D eigenvalue weighted by molar-refractivity contribution is 6.18. The summed E-state index contributed by atoms with van der Waals surface area (Å²) in [5.74, 6) is 0. The van der Waals surface area contributed by atoms with Crippen LogP contribution in [0, 0.1) is 0 Å². The fourth-order valence-corrected chi connectivity index (χ4v) is 4.06. The minimum absolute atomic E-state index is 0.0394. The quantitative estimate of drug-likeness (QED) is 0.484. The molecule has 1 aliphatic rings. The highest BCUT2D eigenvalue weighted by atomic mass is 14.5. The van der Waals surface area contributed by atoms with Crippen LogP contribution in [0.3, 0.4) is 0 Å². The third-order valence-electron chi connectivity index (χ3n) is 5.23. The van der Waals surface area contributed by atoms with E-state index in [0.29, 0.717) is 0 Å². The van der Waals surface area contributed by atoms with E-state index in [9.17, 15) is 0 Å². The topological polar surface area (TPSA) is 0 Å². The summed E-state index contributed by atoms with van der Waals surface area (Å²) < 4.78 is 0. The summed E-state index contributed by atoms with van der Waals surface area (Å²) in [6.45, 7) is 6.30. The van der Waals surface area contributed by atoms with Crippen molar-refractivity contribution in [2.45, 2.75) is 18.8 Å². The Morgan fingerprint density at radius 3 is 1.72 bits per heavy atom. The molecule has 0 spiro atoms. The Kier molecular flexibility index (Phi) is 3.89. The van der Waals surface area contributed by atoms with Crippen molar-refractivity contribution in [1.29, 1.82) is 0 Å². The third-order valence-corrected chi connectivity index (χ3v) is 5.23. The highest BCUT2D eigenvalue weighted by Gasteiger charge is 2.52. The van der Waals surface area contributed by atoms with E-state index >= 15 is 0 Å². The van der Waals surface area contributed by atoms with Crippen molar-refractivity contribution in [3.05, 3.63) is 120 Å². The lowest BCUT2D eigenvalue weighted by atomic mass is 9.83. The van der Waals surface area contributed by atoms with Gasteiger partial charge in [0.15, 0.2) is 0 Å². The van der Waals surface area contributed by atoms with Crippen molar-refractivity contribution in [3.63, 3.8) is 0 Å². The van der Waals surface area contributed by atoms with Crippen LogP contribution in [0.2, 0.25) is 0 Å². The van der Waals surface area contributed by atoms with Crippen LogP contribution in [-0.4, -0.2) is 0 Å². The van der Waals surface area contributed by atoms with Crippen molar-refractivity contribution in [2.75, 3.05) is 0 Å². The molecule has 0 aliphatic heterocycles. The second-order valence-corrected chi connectivity index (χ2v) is 6.76. The van der Waals surface area contributed by atoms with E-state index in [4.69, 9.17) is 0 Å². The summed E-state index contributed by atoms with van der Waals surface area (Å²) in [4.78, 5) is 0. The highest BCUT2D eigenvalue weighted by Crippen LogP contribution is 2.64. The van der Waals surface area contributed by atoms with Crippen molar-refractivity contribution in [1.82, 2.24) is 0 Å². The van der Waals surface area contributed by atoms with Gasteiger partial charge >= 0.3 is 0 Å². The Morgan fingerprint density at radius 1 is 0.720 bits per heavy atom. The second-order valence-electron chi connectivity index (χ2n) is 6.76. The van der Waals surface area contributed by atoms with E-state index in [1.807, 2.05) is 6.08 Å². The Balaban J connectivity index is 1.89. The largest absolute Gasteiger partial charge is 0.103 e. The molecule has 3 aromatic rings. The average Bonchev–Trinajstić information content (AvgIpc) is 3.31. The lowest BCUT2D eigenvalue weighted by Gasteiger charge is -2.19. The van der Waals surface area contributed by atoms with Gasteiger partial charge in [-0.25, -0.2) is 0 Å². The summed E-state index contributed by atoms with van der Waals surface area (Å²) in [6.07, 6.45) is 2.89. The molecule has 0 radical (unpaired) electrons. The number of rotatable bonds is 5. The molecule has 122 valence electrons. The fourth-order valence-electron chi connectivity index (χ4n) is 4.06. The fraction of sp³-hybridized carbons (Fsp3) is 0.120. The zero-order valence-corrected chi connectivity index (χ0v) is 14.6. The molecule has 0 bridgehead atoms. The summed E-state index contributed by atoms with van der Waals surface area (Å²) >= 11 is 0. The lowest BCUT2D eigenvalue weighted by molar-refractivity contribution is 0.877. The molecule has 4 rings (SSSR count). The van der Waals surface area contributed by atoms with Gasteiger partial charge in [0.05, 0.1) is 0 Å². The van der Waals surface area contributed by atoms with Crippen LogP contribution in [0.4, 0.5) is 0 Å². The van der Waals surface area contributed by atoms with Gasteiger partial charge in [0.1, 0.15) is 0 Å². The molecule has 0 nitrogen and oxygen atoms in total. The number of allylic oxidation sites excluding steroid dienone is 3. The molecule has 25 heavy (non-hydrogen) atoms. The molecule has 0 heterocycles. The molecule has 0 saturated heterocycles. The molecule has 0 N–H and O–H groups in total. The van der Waals surface area contributed by atoms with Gasteiger partial charge in [-0.1, -0.05) is 91.0 Å². The predicted octanol–water partition coefficient (Wildman–Crippen LogP) is 6.30. The lowest BCUT2D eigenvalue weighted by Crippen LogP contribution is -2.11. The number of benzene rings is 3. The van der Waals surface area contributed by atoms with Gasteiger partial charge < -0.3 is 0 Å². The second kappa shape index (κ2) is 6.22. The standard InChI is InChI=1S/C25H22/c1-3-12-19-13-10-11-18-22(19)25(2)23(20-14-6-4-7-15-20)24(25)21-16-8-5-9-17-21/h3-11,13-18H,1,12H2,2H3. The summed E-state index contributed by atoms with van der Waals surface area (Å²) in [7, 11) is 0. The van der Waals surface area contributed by atoms with Gasteiger partial charge in [-0.05, 0) is 46.7 Å². The minimum atomic E-state index is -0.0394. The normalized spacial score (nSPS) is 15.1. The molecule has 3 aromatic carbocycles. The zero-order valence-electron chi connectivity index (χ0n) is 14.6. The van der Waals surface area contributed by atoms with E-state index in [1.165, 1.54) is 33.4 Å². The van der Waals surface area contributed by atoms with E-state index in [2.05, 4.69) is 98.4 Å². The minimum Gasteiger partial charge on any atom is -0.103 e. The zero-order chi connectivity index (χ0) is 17.3. The van der Waals surface area contributed by atoms with Crippen LogP contribution < -0.4 is 0 Å². The molecular weight excluding hydrogens is 300 g/mol. The molecular formula is C25H22. The van der Waals surface area contributed by atoms with Crippen molar-refractivity contribution in [2.24, 2.45) is 0 Å². The number of hydrogen-bond acceptors (Lipinski definition) is 0. The SMILES string of the molecule is C=CCc1ccccc1C1(C)C(c2ccccc2)=C1c1ccccc1. The van der Waals surface area contributed by atoms with Gasteiger partial charge in [-0.2, -0.15) is 0 Å². The first-order chi connectivity index (χ1) is 12.3. The van der Waals surface area contributed by atoms with E-state index in [1.54, 1.807) is 0 Å². The number of hydrogen-bond donors (Lipinski definition) is 0. The van der Waals surface area contributed by atoms with Crippen LogP contribution >= 0.6 is 0 Å². The van der Waals surface area contributed by atoms with Gasteiger partial charge in [0, 0.05) is 5.41 Å². The van der Waals surface area contributed by atoms with Gasteiger partial charge in [-0.3, -0.25) is 0 Å². The molecule has 0 saturated carbocycles. The van der Waals surface area contributed by atoms with E-state index in [0.717, 1.165) is 6.42 Å². The first-order valence-corrected chi connectivity index (χ1v) is 8.82. The Bertz CT molecular complexity index is 881. The third kappa shape index (κ3) is 2.55. The maximum absolute atomic E-state index is 3.94. The van der Waals surface area contributed by atoms with E-state index in [-0.39, 0.29) is 5.41 Å². The van der Waals surface area contributed by atoms with E-state index < -0.39 is 0 Å². The van der Waals surface area contributed by atoms with Crippen LogP contribution in [-0.2, 0) is 11.8 Å². The maximum Gasteiger partial charge on any atom is 0.0444 e. The van der Waals surface area contributed by atoms with Crippen LogP contribution in [0.25, 0.3) is 11.1 Å². The van der Waals surface area contributed by atoms with Crippen molar-refractivity contribution in [3.8, 4) is 0 Å². The molecule has 0 fully saturated rings. The maximum atomic E-state index is 3.94. The van der Waals surface area contributed by atoms with Crippen molar-refractivity contribution >= 4 is 11.1 Å². The molecule has 0 atom stereocenters. The molecule has 0 heteroatoms. The molecule has 0 unspecified atom stereocenters. The Labute approximate surface area is 150 Å². The smallest absolute Gasteiger partial charge is 0.0444 e. The van der Waals surface area contributed by atoms with Gasteiger partial charge in [-0.15, -0.1) is 6.58 Å². The van der Waals surface area contributed by atoms with Crippen LogP contribution in [0.1, 0.15) is 29.2 Å². The summed E-state index contributed by atoms with van der Waals surface area (Å²) in [5, 5.41) is 0. The van der Waals surface area contributed by atoms with Gasteiger partial charge in [0.2, 0.25) is 0 Å². The first kappa shape index (κ1) is 15.7. The van der Waals surface area contributed by atoms with Crippen LogP contribution in [0.5, 0.6) is 0 Å². The predicted molar refractivity (Wildman–Crippen MR) is 107 cm³/mol. The Morgan fingerprint density at radius 2 is 1.20 bits per heavy atom. The summed E-state index contributed by atoms with van der Waals surface area (Å²) in [5.41, 5.74) is 8.23. The molecule has 0 amide bonds. The van der Waals surface area contributed by atoms with Gasteiger partial charge in [0.25, 0.3) is 0 Å². The van der Waals surface area contributed by atoms with Crippen LogP contribution in [0.15, 0.2) is 97.6 Å². The Hall–Kier alpha value is -2.86.